The smallest absolute Gasteiger partial charge is 0.0425 e. The van der Waals surface area contributed by atoms with Crippen LogP contribution in [0.15, 0.2) is 22.7 Å². The molecule has 2 atom stereocenters. The Kier molecular flexibility index (Phi) is 4.84. The standard InChI is InChI=1S/C15H25BrN2/c1-10(17)13-8-7-12(16)9-14(13)18(6)11(2)15(3,4)5/h7-11H,17H2,1-6H3. The topological polar surface area (TPSA) is 29.3 Å². The Labute approximate surface area is 120 Å². The van der Waals surface area contributed by atoms with E-state index >= 15 is 0 Å². The van der Waals surface area contributed by atoms with Crippen molar-refractivity contribution in [3.63, 3.8) is 0 Å². The molecule has 0 saturated heterocycles. The predicted octanol–water partition coefficient (Wildman–Crippen LogP) is 4.34. The van der Waals surface area contributed by atoms with Gasteiger partial charge in [0.2, 0.25) is 0 Å². The third kappa shape index (κ3) is 3.48. The summed E-state index contributed by atoms with van der Waals surface area (Å²) in [6, 6.07) is 6.79. The first-order chi connectivity index (χ1) is 8.14. The summed E-state index contributed by atoms with van der Waals surface area (Å²) in [7, 11) is 2.14. The lowest BCUT2D eigenvalue weighted by Crippen LogP contribution is -2.40. The van der Waals surface area contributed by atoms with Gasteiger partial charge in [-0.15, -0.1) is 0 Å². The van der Waals surface area contributed by atoms with Gasteiger partial charge in [-0.2, -0.15) is 0 Å². The Morgan fingerprint density at radius 3 is 2.22 bits per heavy atom. The molecule has 3 heteroatoms. The summed E-state index contributed by atoms with van der Waals surface area (Å²) in [5, 5.41) is 0. The van der Waals surface area contributed by atoms with Gasteiger partial charge in [0.1, 0.15) is 0 Å². The minimum atomic E-state index is 0.0442. The molecule has 102 valence electrons. The molecule has 1 aromatic rings. The van der Waals surface area contributed by atoms with Crippen LogP contribution in [-0.4, -0.2) is 13.1 Å². The number of anilines is 1. The van der Waals surface area contributed by atoms with E-state index in [1.54, 1.807) is 0 Å². The minimum Gasteiger partial charge on any atom is -0.371 e. The van der Waals surface area contributed by atoms with Crippen LogP contribution in [0.2, 0.25) is 0 Å². The molecule has 0 radical (unpaired) electrons. The number of hydrogen-bond acceptors (Lipinski definition) is 2. The molecule has 0 saturated carbocycles. The number of hydrogen-bond donors (Lipinski definition) is 1. The Morgan fingerprint density at radius 1 is 1.22 bits per heavy atom. The fraction of sp³-hybridized carbons (Fsp3) is 0.600. The van der Waals surface area contributed by atoms with Crippen molar-refractivity contribution in [3.8, 4) is 0 Å². The van der Waals surface area contributed by atoms with Crippen LogP contribution in [-0.2, 0) is 0 Å². The van der Waals surface area contributed by atoms with Gasteiger partial charge in [0.25, 0.3) is 0 Å². The van der Waals surface area contributed by atoms with Gasteiger partial charge in [-0.1, -0.05) is 42.8 Å². The minimum absolute atomic E-state index is 0.0442. The zero-order valence-electron chi connectivity index (χ0n) is 12.3. The highest BCUT2D eigenvalue weighted by molar-refractivity contribution is 9.10. The number of benzene rings is 1. The first kappa shape index (κ1) is 15.5. The molecule has 0 aliphatic rings. The molecule has 2 unspecified atom stereocenters. The van der Waals surface area contributed by atoms with Gasteiger partial charge in [-0.25, -0.2) is 0 Å². The summed E-state index contributed by atoms with van der Waals surface area (Å²) >= 11 is 3.55. The fourth-order valence-corrected chi connectivity index (χ4v) is 2.35. The molecule has 1 aromatic carbocycles. The Bertz CT molecular complexity index is 407. The van der Waals surface area contributed by atoms with Crippen LogP contribution in [0.1, 0.15) is 46.2 Å². The Hall–Kier alpha value is -0.540. The van der Waals surface area contributed by atoms with Crippen LogP contribution in [0.3, 0.4) is 0 Å². The van der Waals surface area contributed by atoms with Gasteiger partial charge in [-0.3, -0.25) is 0 Å². The maximum absolute atomic E-state index is 6.07. The molecule has 0 aliphatic carbocycles. The molecule has 18 heavy (non-hydrogen) atoms. The summed E-state index contributed by atoms with van der Waals surface area (Å²) in [6.45, 7) is 11.1. The predicted molar refractivity (Wildman–Crippen MR) is 84.1 cm³/mol. The van der Waals surface area contributed by atoms with E-state index in [2.05, 4.69) is 73.8 Å². The van der Waals surface area contributed by atoms with Crippen molar-refractivity contribution in [1.29, 1.82) is 0 Å². The van der Waals surface area contributed by atoms with Crippen molar-refractivity contribution in [2.75, 3.05) is 11.9 Å². The van der Waals surface area contributed by atoms with Crippen molar-refractivity contribution in [2.24, 2.45) is 11.1 Å². The first-order valence-corrected chi connectivity index (χ1v) is 7.21. The maximum atomic E-state index is 6.07. The zero-order chi connectivity index (χ0) is 14.1. The summed E-state index contributed by atoms with van der Waals surface area (Å²) < 4.78 is 1.09. The molecule has 2 nitrogen and oxygen atoms in total. The molecule has 0 bridgehead atoms. The third-order valence-electron chi connectivity index (χ3n) is 3.70. The molecule has 1 rings (SSSR count). The van der Waals surface area contributed by atoms with Gasteiger partial charge in [0, 0.05) is 29.3 Å². The molecule has 2 N–H and O–H groups in total. The highest BCUT2D eigenvalue weighted by Crippen LogP contribution is 2.33. The van der Waals surface area contributed by atoms with Gasteiger partial charge >= 0.3 is 0 Å². The molecule has 0 amide bonds. The van der Waals surface area contributed by atoms with Crippen LogP contribution < -0.4 is 10.6 Å². The summed E-state index contributed by atoms with van der Waals surface area (Å²) in [5.74, 6) is 0. The van der Waals surface area contributed by atoms with E-state index in [4.69, 9.17) is 5.73 Å². The molecule has 0 fully saturated rings. The first-order valence-electron chi connectivity index (χ1n) is 6.42. The van der Waals surface area contributed by atoms with Gasteiger partial charge < -0.3 is 10.6 Å². The average molecular weight is 313 g/mol. The maximum Gasteiger partial charge on any atom is 0.0425 e. The van der Waals surface area contributed by atoms with E-state index in [0.29, 0.717) is 6.04 Å². The quantitative estimate of drug-likeness (QED) is 0.899. The lowest BCUT2D eigenvalue weighted by Gasteiger charge is -2.38. The fourth-order valence-electron chi connectivity index (χ4n) is 2.00. The van der Waals surface area contributed by atoms with Gasteiger partial charge in [0.15, 0.2) is 0 Å². The molecular formula is C15H25BrN2. The summed E-state index contributed by atoms with van der Waals surface area (Å²) in [4.78, 5) is 2.32. The second-order valence-electron chi connectivity index (χ2n) is 6.14. The van der Waals surface area contributed by atoms with Crippen molar-refractivity contribution < 1.29 is 0 Å². The number of rotatable bonds is 3. The van der Waals surface area contributed by atoms with E-state index < -0.39 is 0 Å². The normalized spacial score (nSPS) is 15.3. The van der Waals surface area contributed by atoms with Crippen molar-refractivity contribution in [3.05, 3.63) is 28.2 Å². The molecule has 0 spiro atoms. The Balaban J connectivity index is 3.19. The van der Waals surface area contributed by atoms with E-state index in [1.165, 1.54) is 11.3 Å². The monoisotopic (exact) mass is 312 g/mol. The third-order valence-corrected chi connectivity index (χ3v) is 4.19. The molecular weight excluding hydrogens is 288 g/mol. The van der Waals surface area contributed by atoms with Crippen LogP contribution in [0.25, 0.3) is 0 Å². The lowest BCUT2D eigenvalue weighted by molar-refractivity contribution is 0.329. The SMILES string of the molecule is CC(N)c1ccc(Br)cc1N(C)C(C)C(C)(C)C. The number of nitrogens with zero attached hydrogens (tertiary/aromatic N) is 1. The summed E-state index contributed by atoms with van der Waals surface area (Å²) in [6.07, 6.45) is 0. The van der Waals surface area contributed by atoms with E-state index in [0.717, 1.165) is 4.47 Å². The zero-order valence-corrected chi connectivity index (χ0v) is 13.9. The van der Waals surface area contributed by atoms with E-state index in [1.807, 2.05) is 6.92 Å². The number of nitrogens with two attached hydrogens (primary N) is 1. The molecule has 0 heterocycles. The van der Waals surface area contributed by atoms with Gasteiger partial charge in [-0.05, 0) is 37.0 Å². The molecule has 0 aromatic heterocycles. The van der Waals surface area contributed by atoms with Gasteiger partial charge in [0.05, 0.1) is 0 Å². The average Bonchev–Trinajstić information content (AvgIpc) is 2.25. The summed E-state index contributed by atoms with van der Waals surface area (Å²) in [5.41, 5.74) is 8.70. The largest absolute Gasteiger partial charge is 0.371 e. The van der Waals surface area contributed by atoms with E-state index in [-0.39, 0.29) is 11.5 Å². The van der Waals surface area contributed by atoms with E-state index in [9.17, 15) is 0 Å². The second-order valence-corrected chi connectivity index (χ2v) is 7.06. The van der Waals surface area contributed by atoms with Crippen molar-refractivity contribution >= 4 is 21.6 Å². The van der Waals surface area contributed by atoms with Crippen LogP contribution in [0.4, 0.5) is 5.69 Å². The highest BCUT2D eigenvalue weighted by atomic mass is 79.9. The highest BCUT2D eigenvalue weighted by Gasteiger charge is 2.25. The van der Waals surface area contributed by atoms with Crippen LogP contribution >= 0.6 is 15.9 Å². The number of halogens is 1. The lowest BCUT2D eigenvalue weighted by atomic mass is 9.86. The Morgan fingerprint density at radius 2 is 1.78 bits per heavy atom. The van der Waals surface area contributed by atoms with Crippen molar-refractivity contribution in [2.45, 2.75) is 46.7 Å². The molecule has 0 aliphatic heterocycles. The second kappa shape index (κ2) is 5.62. The van der Waals surface area contributed by atoms with Crippen LogP contribution in [0.5, 0.6) is 0 Å². The van der Waals surface area contributed by atoms with Crippen molar-refractivity contribution in [1.82, 2.24) is 0 Å². The van der Waals surface area contributed by atoms with Crippen LogP contribution in [0, 0.1) is 5.41 Å².